The summed E-state index contributed by atoms with van der Waals surface area (Å²) in [6.07, 6.45) is 0.660. The molecule has 0 bridgehead atoms. The molecule has 0 fully saturated rings. The Bertz CT molecular complexity index is 93.6. The molecule has 0 spiro atoms. The first kappa shape index (κ1) is 8.45. The van der Waals surface area contributed by atoms with E-state index in [1.807, 2.05) is 0 Å². The topological polar surface area (TPSA) is 35.8 Å². The van der Waals surface area contributed by atoms with Gasteiger partial charge in [0.15, 0.2) is 0 Å². The van der Waals surface area contributed by atoms with Crippen molar-refractivity contribution in [2.24, 2.45) is 5.92 Å². The Balaban J connectivity index is 3.08. The van der Waals surface area contributed by atoms with Gasteiger partial charge < -0.3 is 5.32 Å². The highest BCUT2D eigenvalue weighted by Crippen LogP contribution is 1.96. The second-order valence-electron chi connectivity index (χ2n) is 2.28. The van der Waals surface area contributed by atoms with E-state index in [4.69, 9.17) is 5.26 Å². The molecular weight excluding hydrogens is 112 g/mol. The van der Waals surface area contributed by atoms with Crippen molar-refractivity contribution >= 4 is 0 Å². The van der Waals surface area contributed by atoms with Crippen molar-refractivity contribution in [3.63, 3.8) is 0 Å². The summed E-state index contributed by atoms with van der Waals surface area (Å²) in [6, 6.07) is 2.14. The maximum Gasteiger partial charge on any atom is 0.0625 e. The van der Waals surface area contributed by atoms with Crippen molar-refractivity contribution in [2.75, 3.05) is 13.1 Å². The van der Waals surface area contributed by atoms with Gasteiger partial charge in [-0.15, -0.1) is 0 Å². The summed E-state index contributed by atoms with van der Waals surface area (Å²) in [6.45, 7) is 6.10. The zero-order valence-electron chi connectivity index (χ0n) is 6.15. The lowest BCUT2D eigenvalue weighted by Gasteiger charge is -2.05. The summed E-state index contributed by atoms with van der Waals surface area (Å²) >= 11 is 0. The lowest BCUT2D eigenvalue weighted by Crippen LogP contribution is -2.20. The highest BCUT2D eigenvalue weighted by molar-refractivity contribution is 4.73. The molecule has 1 atom stereocenters. The maximum atomic E-state index is 8.26. The van der Waals surface area contributed by atoms with Crippen molar-refractivity contribution in [3.8, 4) is 6.07 Å². The van der Waals surface area contributed by atoms with Gasteiger partial charge in [0, 0.05) is 6.42 Å². The number of hydrogen-bond acceptors (Lipinski definition) is 2. The van der Waals surface area contributed by atoms with Crippen LogP contribution in [0.4, 0.5) is 0 Å². The van der Waals surface area contributed by atoms with Crippen LogP contribution in [0.2, 0.25) is 0 Å². The Hall–Kier alpha value is -0.550. The number of nitrogens with zero attached hydrogens (tertiary/aromatic N) is 1. The van der Waals surface area contributed by atoms with Crippen LogP contribution < -0.4 is 5.32 Å². The van der Waals surface area contributed by atoms with Crippen LogP contribution in [0.3, 0.4) is 0 Å². The molecule has 0 saturated heterocycles. The summed E-state index contributed by atoms with van der Waals surface area (Å²) in [4.78, 5) is 0. The lowest BCUT2D eigenvalue weighted by molar-refractivity contribution is 0.534. The average Bonchev–Trinajstić information content (AvgIpc) is 1.85. The standard InChI is InChI=1S/C7H14N2/c1-3-9-6-7(2)4-5-8/h7,9H,3-4,6H2,1-2H3/t7-/m0/s1. The second-order valence-corrected chi connectivity index (χ2v) is 2.28. The van der Waals surface area contributed by atoms with E-state index < -0.39 is 0 Å². The average molecular weight is 126 g/mol. The van der Waals surface area contributed by atoms with Crippen molar-refractivity contribution in [3.05, 3.63) is 0 Å². The van der Waals surface area contributed by atoms with E-state index in [1.165, 1.54) is 0 Å². The van der Waals surface area contributed by atoms with Crippen LogP contribution in [0.5, 0.6) is 0 Å². The molecule has 0 heterocycles. The highest BCUT2D eigenvalue weighted by atomic mass is 14.8. The van der Waals surface area contributed by atoms with Crippen LogP contribution in [-0.2, 0) is 0 Å². The molecule has 0 aromatic carbocycles. The van der Waals surface area contributed by atoms with E-state index in [1.54, 1.807) is 0 Å². The zero-order chi connectivity index (χ0) is 7.11. The minimum Gasteiger partial charge on any atom is -0.317 e. The van der Waals surface area contributed by atoms with E-state index in [0.717, 1.165) is 13.1 Å². The monoisotopic (exact) mass is 126 g/mol. The molecule has 1 N–H and O–H groups in total. The first-order chi connectivity index (χ1) is 4.31. The van der Waals surface area contributed by atoms with Gasteiger partial charge in [0.25, 0.3) is 0 Å². The smallest absolute Gasteiger partial charge is 0.0625 e. The minimum atomic E-state index is 0.495. The summed E-state index contributed by atoms with van der Waals surface area (Å²) in [5.41, 5.74) is 0. The SMILES string of the molecule is CCNC[C@@H](C)CC#N. The first-order valence-electron chi connectivity index (χ1n) is 3.39. The van der Waals surface area contributed by atoms with Gasteiger partial charge in [0.05, 0.1) is 6.07 Å². The van der Waals surface area contributed by atoms with Crippen LogP contribution in [0.15, 0.2) is 0 Å². The second kappa shape index (κ2) is 5.58. The summed E-state index contributed by atoms with van der Waals surface area (Å²) < 4.78 is 0. The van der Waals surface area contributed by atoms with E-state index in [0.29, 0.717) is 12.3 Å². The third-order valence-electron chi connectivity index (χ3n) is 1.18. The summed E-state index contributed by atoms with van der Waals surface area (Å²) in [5, 5.41) is 11.4. The molecule has 0 rings (SSSR count). The molecule has 9 heavy (non-hydrogen) atoms. The molecule has 0 saturated carbocycles. The zero-order valence-corrected chi connectivity index (χ0v) is 6.15. The van der Waals surface area contributed by atoms with Gasteiger partial charge in [0.2, 0.25) is 0 Å². The predicted octanol–water partition coefficient (Wildman–Crippen LogP) is 1.15. The number of hydrogen-bond donors (Lipinski definition) is 1. The first-order valence-corrected chi connectivity index (χ1v) is 3.39. The van der Waals surface area contributed by atoms with Gasteiger partial charge in [0.1, 0.15) is 0 Å². The van der Waals surface area contributed by atoms with Crippen molar-refractivity contribution in [1.82, 2.24) is 5.32 Å². The molecule has 2 heteroatoms. The van der Waals surface area contributed by atoms with E-state index in [9.17, 15) is 0 Å². The van der Waals surface area contributed by atoms with E-state index >= 15 is 0 Å². The van der Waals surface area contributed by atoms with Gasteiger partial charge >= 0.3 is 0 Å². The highest BCUT2D eigenvalue weighted by Gasteiger charge is 1.97. The summed E-state index contributed by atoms with van der Waals surface area (Å²) in [7, 11) is 0. The van der Waals surface area contributed by atoms with Crippen molar-refractivity contribution in [1.29, 1.82) is 5.26 Å². The largest absolute Gasteiger partial charge is 0.317 e. The Morgan fingerprint density at radius 1 is 1.67 bits per heavy atom. The summed E-state index contributed by atoms with van der Waals surface area (Å²) in [5.74, 6) is 0.495. The predicted molar refractivity (Wildman–Crippen MR) is 37.9 cm³/mol. The Labute approximate surface area is 56.9 Å². The van der Waals surface area contributed by atoms with E-state index in [-0.39, 0.29) is 0 Å². The molecule has 0 unspecified atom stereocenters. The van der Waals surface area contributed by atoms with Crippen molar-refractivity contribution < 1.29 is 0 Å². The van der Waals surface area contributed by atoms with Crippen LogP contribution in [0.25, 0.3) is 0 Å². The molecule has 0 aromatic rings. The van der Waals surface area contributed by atoms with Crippen LogP contribution >= 0.6 is 0 Å². The molecule has 0 radical (unpaired) electrons. The van der Waals surface area contributed by atoms with Gasteiger partial charge in [-0.25, -0.2) is 0 Å². The minimum absolute atomic E-state index is 0.495. The van der Waals surface area contributed by atoms with Crippen LogP contribution in [0.1, 0.15) is 20.3 Å². The van der Waals surface area contributed by atoms with Gasteiger partial charge in [-0.3, -0.25) is 0 Å². The number of nitriles is 1. The quantitative estimate of drug-likeness (QED) is 0.613. The molecule has 2 nitrogen and oxygen atoms in total. The molecule has 52 valence electrons. The van der Waals surface area contributed by atoms with Gasteiger partial charge in [-0.1, -0.05) is 13.8 Å². The molecule has 0 aliphatic rings. The Kier molecular flexibility index (Phi) is 5.24. The van der Waals surface area contributed by atoms with Crippen LogP contribution in [0, 0.1) is 17.2 Å². The number of nitrogens with one attached hydrogen (secondary N) is 1. The van der Waals surface area contributed by atoms with Gasteiger partial charge in [-0.05, 0) is 19.0 Å². The van der Waals surface area contributed by atoms with Crippen molar-refractivity contribution in [2.45, 2.75) is 20.3 Å². The fourth-order valence-corrected chi connectivity index (χ4v) is 0.619. The lowest BCUT2D eigenvalue weighted by atomic mass is 10.1. The molecule has 0 aromatic heterocycles. The third kappa shape index (κ3) is 5.32. The molecule has 0 amide bonds. The maximum absolute atomic E-state index is 8.26. The van der Waals surface area contributed by atoms with Gasteiger partial charge in [-0.2, -0.15) is 5.26 Å². The van der Waals surface area contributed by atoms with Crippen LogP contribution in [-0.4, -0.2) is 13.1 Å². The Morgan fingerprint density at radius 2 is 2.33 bits per heavy atom. The fourth-order valence-electron chi connectivity index (χ4n) is 0.619. The molecule has 0 aliphatic carbocycles. The number of rotatable bonds is 4. The Morgan fingerprint density at radius 3 is 2.78 bits per heavy atom. The van der Waals surface area contributed by atoms with E-state index in [2.05, 4.69) is 25.2 Å². The molecular formula is C7H14N2. The fraction of sp³-hybridized carbons (Fsp3) is 0.857. The normalized spacial score (nSPS) is 12.6. The molecule has 0 aliphatic heterocycles. The third-order valence-corrected chi connectivity index (χ3v) is 1.18.